The quantitative estimate of drug-likeness (QED) is 0.163. The molecule has 4 aromatic carbocycles. The summed E-state index contributed by atoms with van der Waals surface area (Å²) in [5.41, 5.74) is 14.0. The molecule has 0 N–H and O–H groups in total. The Morgan fingerprint density at radius 1 is 0.500 bits per heavy atom. The highest BCUT2D eigenvalue weighted by molar-refractivity contribution is 7.25. The van der Waals surface area contributed by atoms with E-state index in [-0.39, 0.29) is 0 Å². The van der Waals surface area contributed by atoms with Crippen LogP contribution in [-0.4, -0.2) is 0 Å². The van der Waals surface area contributed by atoms with Crippen LogP contribution in [0, 0.1) is 20.8 Å². The van der Waals surface area contributed by atoms with Crippen LogP contribution in [0.2, 0.25) is 0 Å². The molecule has 2 unspecified atom stereocenters. The van der Waals surface area contributed by atoms with Crippen molar-refractivity contribution in [2.24, 2.45) is 7.05 Å². The van der Waals surface area contributed by atoms with Gasteiger partial charge in [-0.25, -0.2) is 4.57 Å². The van der Waals surface area contributed by atoms with Crippen molar-refractivity contribution in [1.29, 1.82) is 0 Å². The number of aromatic nitrogens is 3. The van der Waals surface area contributed by atoms with Crippen LogP contribution in [0.4, 0.5) is 0 Å². The van der Waals surface area contributed by atoms with Crippen LogP contribution >= 0.6 is 11.3 Å². The molecule has 50 heavy (non-hydrogen) atoms. The highest BCUT2D eigenvalue weighted by atomic mass is 32.1. The molecule has 2 atom stereocenters. The molecule has 0 saturated carbocycles. The topological polar surface area (TPSA) is 11.6 Å². The summed E-state index contributed by atoms with van der Waals surface area (Å²) >= 11 is 1.90. The van der Waals surface area contributed by atoms with Gasteiger partial charge in [-0.3, -0.25) is 0 Å². The number of thiophene rings is 1. The van der Waals surface area contributed by atoms with Gasteiger partial charge in [0.15, 0.2) is 17.6 Å². The number of fused-ring (bicyclic) bond motifs is 12. The first-order valence-corrected chi connectivity index (χ1v) is 18.3. The minimum absolute atomic E-state index is 0.618. The molecular formula is C46H38N3S+3. The van der Waals surface area contributed by atoms with Gasteiger partial charge in [0, 0.05) is 93.5 Å². The fourth-order valence-corrected chi connectivity index (χ4v) is 10.9. The van der Waals surface area contributed by atoms with Crippen molar-refractivity contribution in [3.05, 3.63) is 173 Å². The molecule has 2 aliphatic heterocycles. The van der Waals surface area contributed by atoms with Crippen LogP contribution < -0.4 is 13.7 Å². The Hall–Kier alpha value is -5.45. The van der Waals surface area contributed by atoms with Gasteiger partial charge >= 0.3 is 0 Å². The van der Waals surface area contributed by atoms with Gasteiger partial charge in [-0.2, -0.15) is 9.13 Å². The Labute approximate surface area is 297 Å². The Balaban J connectivity index is 1.48. The normalized spacial score (nSPS) is 18.7. The molecule has 240 valence electrons. The van der Waals surface area contributed by atoms with E-state index in [1.807, 2.05) is 11.3 Å². The summed E-state index contributed by atoms with van der Waals surface area (Å²) in [6, 6.07) is 50.5. The number of hydrogen-bond donors (Lipinski definition) is 0. The summed E-state index contributed by atoms with van der Waals surface area (Å²) in [4.78, 5) is 0. The minimum Gasteiger partial charge on any atom is -0.201 e. The smallest absolute Gasteiger partial charge is 0.201 e. The van der Waals surface area contributed by atoms with E-state index < -0.39 is 11.1 Å². The van der Waals surface area contributed by atoms with E-state index in [9.17, 15) is 0 Å². The molecule has 8 aromatic rings. The molecule has 4 heteroatoms. The minimum atomic E-state index is -0.627. The SMILES string of the molecule is Cc1ccc(-c2cc3c(cc2C2(C)[n+]4c(C)cccc4-c4ccccc4C24c2ccccc2-c2cccc(C)[n+]24)sc2ccccc23)[n+](C)c1. The summed E-state index contributed by atoms with van der Waals surface area (Å²) in [7, 11) is 2.20. The van der Waals surface area contributed by atoms with Crippen molar-refractivity contribution in [3.8, 4) is 33.8 Å². The first kappa shape index (κ1) is 29.5. The van der Waals surface area contributed by atoms with Gasteiger partial charge < -0.3 is 0 Å². The molecule has 4 aromatic heterocycles. The van der Waals surface area contributed by atoms with Crippen molar-refractivity contribution in [2.75, 3.05) is 0 Å². The molecule has 0 radical (unpaired) electrons. The summed E-state index contributed by atoms with van der Waals surface area (Å²) in [6.45, 7) is 9.28. The summed E-state index contributed by atoms with van der Waals surface area (Å²) < 4.78 is 10.3. The Kier molecular flexibility index (Phi) is 6.06. The maximum atomic E-state index is 2.67. The second kappa shape index (κ2) is 10.3. The number of aryl methyl sites for hydroxylation is 4. The third-order valence-electron chi connectivity index (χ3n) is 11.6. The highest BCUT2D eigenvalue weighted by Crippen LogP contribution is 2.58. The Morgan fingerprint density at radius 2 is 1.12 bits per heavy atom. The zero-order chi connectivity index (χ0) is 33.9. The lowest BCUT2D eigenvalue weighted by Gasteiger charge is -2.44. The molecule has 0 amide bonds. The van der Waals surface area contributed by atoms with Gasteiger partial charge in [-0.15, -0.1) is 11.3 Å². The van der Waals surface area contributed by atoms with Gasteiger partial charge in [0.2, 0.25) is 17.1 Å². The largest absolute Gasteiger partial charge is 0.288 e. The molecular weight excluding hydrogens is 627 g/mol. The lowest BCUT2D eigenvalue weighted by atomic mass is 9.61. The van der Waals surface area contributed by atoms with E-state index in [2.05, 4.69) is 188 Å². The van der Waals surface area contributed by atoms with E-state index >= 15 is 0 Å². The van der Waals surface area contributed by atoms with E-state index in [1.165, 1.54) is 87.6 Å². The predicted molar refractivity (Wildman–Crippen MR) is 203 cm³/mol. The second-order valence-electron chi connectivity index (χ2n) is 14.3. The Bertz CT molecular complexity index is 2740. The molecule has 1 spiro atoms. The lowest BCUT2D eigenvalue weighted by molar-refractivity contribution is -0.849. The van der Waals surface area contributed by atoms with E-state index in [1.54, 1.807) is 0 Å². The molecule has 0 bridgehead atoms. The Morgan fingerprint density at radius 3 is 1.82 bits per heavy atom. The van der Waals surface area contributed by atoms with Gasteiger partial charge in [-0.05, 0) is 55.5 Å². The highest BCUT2D eigenvalue weighted by Gasteiger charge is 2.74. The van der Waals surface area contributed by atoms with Crippen molar-refractivity contribution < 1.29 is 13.7 Å². The zero-order valence-corrected chi connectivity index (χ0v) is 29.8. The van der Waals surface area contributed by atoms with Crippen molar-refractivity contribution in [3.63, 3.8) is 0 Å². The van der Waals surface area contributed by atoms with Crippen molar-refractivity contribution in [2.45, 2.75) is 38.8 Å². The fraction of sp³-hybridized carbons (Fsp3) is 0.152. The van der Waals surface area contributed by atoms with Crippen LogP contribution in [0.1, 0.15) is 40.6 Å². The molecule has 3 nitrogen and oxygen atoms in total. The number of benzene rings is 4. The van der Waals surface area contributed by atoms with Gasteiger partial charge in [-0.1, -0.05) is 54.6 Å². The van der Waals surface area contributed by atoms with Gasteiger partial charge in [0.1, 0.15) is 7.05 Å². The number of hydrogen-bond acceptors (Lipinski definition) is 1. The molecule has 6 heterocycles. The third kappa shape index (κ3) is 3.56. The summed E-state index contributed by atoms with van der Waals surface area (Å²) in [6.07, 6.45) is 2.26. The lowest BCUT2D eigenvalue weighted by Crippen LogP contribution is -2.79. The number of nitrogens with zero attached hydrogens (tertiary/aromatic N) is 3. The molecule has 10 rings (SSSR count). The van der Waals surface area contributed by atoms with Crippen molar-refractivity contribution in [1.82, 2.24) is 0 Å². The average molecular weight is 665 g/mol. The molecule has 0 saturated heterocycles. The van der Waals surface area contributed by atoms with Gasteiger partial charge in [0.05, 0.1) is 16.7 Å². The van der Waals surface area contributed by atoms with Crippen molar-refractivity contribution >= 4 is 31.5 Å². The van der Waals surface area contributed by atoms with Crippen LogP contribution in [0.5, 0.6) is 0 Å². The van der Waals surface area contributed by atoms with Crippen LogP contribution in [-0.2, 0) is 18.1 Å². The summed E-state index contributed by atoms with van der Waals surface area (Å²) in [5.74, 6) is 0. The molecule has 2 aliphatic rings. The van der Waals surface area contributed by atoms with Gasteiger partial charge in [0.25, 0.3) is 11.1 Å². The van der Waals surface area contributed by atoms with Crippen LogP contribution in [0.15, 0.2) is 140 Å². The monoisotopic (exact) mass is 664 g/mol. The standard InChI is InChI=1S/C46H38N3S/c1-29-24-25-40(47(5)28-29)36-26-35-32-16-8-11-23-43(32)50-44(35)27-39(36)45(4)46(37-19-9-6-17-33(37)41-21-12-14-30(2)48(41)45)38-20-10-7-18-34(38)42-22-13-15-31(3)49(42)46/h6-28H,1-5H3/q+3. The number of pyridine rings is 3. The summed E-state index contributed by atoms with van der Waals surface area (Å²) in [5, 5.41) is 2.62. The second-order valence-corrected chi connectivity index (χ2v) is 15.4. The maximum Gasteiger partial charge on any atom is 0.288 e. The zero-order valence-electron chi connectivity index (χ0n) is 29.0. The van der Waals surface area contributed by atoms with E-state index in [0.29, 0.717) is 0 Å². The number of rotatable bonds is 2. The molecule has 0 aliphatic carbocycles. The first-order chi connectivity index (χ1) is 24.3. The molecule has 0 fully saturated rings. The van der Waals surface area contributed by atoms with Crippen LogP contribution in [0.3, 0.4) is 0 Å². The van der Waals surface area contributed by atoms with E-state index in [0.717, 1.165) is 0 Å². The fourth-order valence-electron chi connectivity index (χ4n) is 9.76. The maximum absolute atomic E-state index is 2.67. The van der Waals surface area contributed by atoms with Crippen LogP contribution in [0.25, 0.3) is 53.9 Å². The third-order valence-corrected chi connectivity index (χ3v) is 12.8. The van der Waals surface area contributed by atoms with E-state index in [4.69, 9.17) is 0 Å². The average Bonchev–Trinajstić information content (AvgIpc) is 3.65. The first-order valence-electron chi connectivity index (χ1n) is 17.5. The predicted octanol–water partition coefficient (Wildman–Crippen LogP) is 9.26.